The third-order valence-corrected chi connectivity index (χ3v) is 2.11. The van der Waals surface area contributed by atoms with Crippen molar-refractivity contribution in [3.63, 3.8) is 0 Å². The Bertz CT molecular complexity index is 411. The molecule has 0 unspecified atom stereocenters. The maximum absolute atomic E-state index is 11.2. The summed E-state index contributed by atoms with van der Waals surface area (Å²) < 4.78 is 0. The van der Waals surface area contributed by atoms with E-state index in [0.717, 1.165) is 11.3 Å². The second-order valence-electron chi connectivity index (χ2n) is 2.95. The Morgan fingerprint density at radius 1 is 1.29 bits per heavy atom. The Morgan fingerprint density at radius 2 is 2.00 bits per heavy atom. The highest BCUT2D eigenvalue weighted by Gasteiger charge is 2.16. The maximum Gasteiger partial charge on any atom is 0.232 e. The van der Waals surface area contributed by atoms with Gasteiger partial charge in [0.25, 0.3) is 0 Å². The highest BCUT2D eigenvalue weighted by molar-refractivity contribution is 7.80. The second-order valence-corrected chi connectivity index (χ2v) is 3.34. The third-order valence-electron chi connectivity index (χ3n) is 1.92. The number of carbonyl (C=O) groups is 1. The summed E-state index contributed by atoms with van der Waals surface area (Å²) in [6.07, 6.45) is 0.296. The molecule has 0 aliphatic carbocycles. The molecule has 1 aromatic carbocycles. The van der Waals surface area contributed by atoms with Crippen molar-refractivity contribution in [2.24, 2.45) is 4.99 Å². The molecule has 1 N–H and O–H groups in total. The third kappa shape index (κ3) is 1.85. The van der Waals surface area contributed by atoms with Gasteiger partial charge < -0.3 is 5.32 Å². The summed E-state index contributed by atoms with van der Waals surface area (Å²) in [5.41, 5.74) is 1.68. The monoisotopic (exact) mass is 204 g/mol. The summed E-state index contributed by atoms with van der Waals surface area (Å²) in [6.45, 7) is 0. The summed E-state index contributed by atoms with van der Waals surface area (Å²) >= 11 is 4.84. The lowest BCUT2D eigenvalue weighted by Crippen LogP contribution is -2.35. The lowest BCUT2D eigenvalue weighted by molar-refractivity contribution is -0.118. The molecule has 0 bridgehead atoms. The molecule has 1 amide bonds. The molecule has 14 heavy (non-hydrogen) atoms. The molecule has 70 valence electrons. The van der Waals surface area contributed by atoms with Crippen molar-refractivity contribution in [2.75, 3.05) is 0 Å². The Kier molecular flexibility index (Phi) is 2.37. The van der Waals surface area contributed by atoms with Gasteiger partial charge in [-0.2, -0.15) is 0 Å². The Labute approximate surface area is 86.9 Å². The van der Waals surface area contributed by atoms with Crippen molar-refractivity contribution in [3.05, 3.63) is 35.9 Å². The molecule has 0 atom stereocenters. The first-order valence-electron chi connectivity index (χ1n) is 4.22. The van der Waals surface area contributed by atoms with Gasteiger partial charge >= 0.3 is 0 Å². The van der Waals surface area contributed by atoms with Gasteiger partial charge in [-0.15, -0.1) is 0 Å². The molecule has 0 saturated carbocycles. The number of nitrogens with zero attached hydrogens (tertiary/aromatic N) is 1. The van der Waals surface area contributed by atoms with Crippen molar-refractivity contribution in [3.8, 4) is 0 Å². The predicted molar refractivity (Wildman–Crippen MR) is 58.3 cm³/mol. The van der Waals surface area contributed by atoms with Gasteiger partial charge in [0.05, 0.1) is 12.1 Å². The molecule has 1 aromatic rings. The van der Waals surface area contributed by atoms with Crippen molar-refractivity contribution >= 4 is 28.9 Å². The van der Waals surface area contributed by atoms with Crippen LogP contribution in [0.2, 0.25) is 0 Å². The van der Waals surface area contributed by atoms with Crippen molar-refractivity contribution in [1.82, 2.24) is 5.32 Å². The van der Waals surface area contributed by atoms with Crippen LogP contribution in [0.3, 0.4) is 0 Å². The first kappa shape index (κ1) is 9.02. The van der Waals surface area contributed by atoms with E-state index in [1.54, 1.807) is 0 Å². The summed E-state index contributed by atoms with van der Waals surface area (Å²) in [6, 6.07) is 9.58. The number of hydrogen-bond acceptors (Lipinski definition) is 2. The Morgan fingerprint density at radius 3 is 2.64 bits per heavy atom. The minimum atomic E-state index is -0.0937. The molecule has 0 aromatic heterocycles. The van der Waals surface area contributed by atoms with Crippen LogP contribution in [0.15, 0.2) is 35.3 Å². The van der Waals surface area contributed by atoms with Gasteiger partial charge in [-0.1, -0.05) is 30.3 Å². The topological polar surface area (TPSA) is 41.5 Å². The minimum Gasteiger partial charge on any atom is -0.301 e. The summed E-state index contributed by atoms with van der Waals surface area (Å²) in [7, 11) is 0. The Balaban J connectivity index is 2.35. The van der Waals surface area contributed by atoms with Crippen LogP contribution in [0, 0.1) is 0 Å². The summed E-state index contributed by atoms with van der Waals surface area (Å²) in [5.74, 6) is -0.0937. The first-order chi connectivity index (χ1) is 6.75. The molecular formula is C10H8N2OS. The van der Waals surface area contributed by atoms with E-state index < -0.39 is 0 Å². The van der Waals surface area contributed by atoms with E-state index in [1.165, 1.54) is 0 Å². The van der Waals surface area contributed by atoms with Gasteiger partial charge in [-0.25, -0.2) is 4.99 Å². The van der Waals surface area contributed by atoms with Crippen LogP contribution in [-0.2, 0) is 4.79 Å². The van der Waals surface area contributed by atoms with E-state index in [-0.39, 0.29) is 11.0 Å². The highest BCUT2D eigenvalue weighted by Crippen LogP contribution is 2.07. The van der Waals surface area contributed by atoms with Crippen LogP contribution < -0.4 is 5.32 Å². The molecule has 3 nitrogen and oxygen atoms in total. The molecule has 0 spiro atoms. The zero-order valence-electron chi connectivity index (χ0n) is 7.36. The number of nitrogens with one attached hydrogen (secondary N) is 1. The van der Waals surface area contributed by atoms with Gasteiger partial charge in [0.15, 0.2) is 5.11 Å². The predicted octanol–water partition coefficient (Wildman–Crippen LogP) is 1.28. The van der Waals surface area contributed by atoms with E-state index in [9.17, 15) is 4.79 Å². The molecule has 1 aliphatic rings. The van der Waals surface area contributed by atoms with E-state index in [2.05, 4.69) is 10.3 Å². The van der Waals surface area contributed by atoms with Crippen molar-refractivity contribution < 1.29 is 4.79 Å². The fraction of sp³-hybridized carbons (Fsp3) is 0.100. The van der Waals surface area contributed by atoms with Crippen LogP contribution in [0.1, 0.15) is 12.0 Å². The molecule has 1 aliphatic heterocycles. The summed E-state index contributed by atoms with van der Waals surface area (Å²) in [5, 5.41) is 2.73. The number of rotatable bonds is 1. The fourth-order valence-electron chi connectivity index (χ4n) is 1.30. The normalized spacial score (nSPS) is 16.1. The minimum absolute atomic E-state index is 0.0937. The standard InChI is InChI=1S/C10H8N2OS/c13-9-6-8(11-10(14)12-9)7-4-2-1-3-5-7/h1-5H,6H2,(H,12,13,14). The zero-order valence-corrected chi connectivity index (χ0v) is 8.17. The van der Waals surface area contributed by atoms with Crippen LogP contribution >= 0.6 is 12.2 Å². The molecule has 4 heteroatoms. The lowest BCUT2D eigenvalue weighted by atomic mass is 10.1. The van der Waals surface area contributed by atoms with Crippen LogP contribution in [0.25, 0.3) is 0 Å². The first-order valence-corrected chi connectivity index (χ1v) is 4.63. The number of carbonyl (C=O) groups excluding carboxylic acids is 1. The number of amides is 1. The molecular weight excluding hydrogens is 196 g/mol. The largest absolute Gasteiger partial charge is 0.301 e. The quantitative estimate of drug-likeness (QED) is 0.700. The number of benzene rings is 1. The molecule has 0 radical (unpaired) electrons. The van der Waals surface area contributed by atoms with Crippen molar-refractivity contribution in [1.29, 1.82) is 0 Å². The molecule has 1 heterocycles. The lowest BCUT2D eigenvalue weighted by Gasteiger charge is -2.12. The fourth-order valence-corrected chi connectivity index (χ4v) is 1.53. The van der Waals surface area contributed by atoms with Gasteiger partial charge in [0.1, 0.15) is 0 Å². The SMILES string of the molecule is O=C1CC(c2ccccc2)=NC(=S)N1. The Hall–Kier alpha value is -1.55. The zero-order chi connectivity index (χ0) is 9.97. The van der Waals surface area contributed by atoms with E-state index in [1.807, 2.05) is 30.3 Å². The second kappa shape index (κ2) is 3.67. The number of thiocarbonyl (C=S) groups is 1. The van der Waals surface area contributed by atoms with Crippen molar-refractivity contribution in [2.45, 2.75) is 6.42 Å². The molecule has 0 saturated heterocycles. The average Bonchev–Trinajstić information content (AvgIpc) is 2.18. The smallest absolute Gasteiger partial charge is 0.232 e. The van der Waals surface area contributed by atoms with Crippen LogP contribution in [0.4, 0.5) is 0 Å². The van der Waals surface area contributed by atoms with Gasteiger partial charge in [-0.05, 0) is 17.8 Å². The van der Waals surface area contributed by atoms with Crippen LogP contribution in [0.5, 0.6) is 0 Å². The maximum atomic E-state index is 11.2. The van der Waals surface area contributed by atoms with Gasteiger partial charge in [0.2, 0.25) is 5.91 Å². The summed E-state index contributed by atoms with van der Waals surface area (Å²) in [4.78, 5) is 15.3. The van der Waals surface area contributed by atoms with Gasteiger partial charge in [0, 0.05) is 0 Å². The molecule has 2 rings (SSSR count). The van der Waals surface area contributed by atoms with Gasteiger partial charge in [-0.3, -0.25) is 4.79 Å². The molecule has 0 fully saturated rings. The van der Waals surface area contributed by atoms with Crippen LogP contribution in [-0.4, -0.2) is 16.7 Å². The number of hydrogen-bond donors (Lipinski definition) is 1. The number of aliphatic imine (C=N–C) groups is 1. The highest BCUT2D eigenvalue weighted by atomic mass is 32.1. The average molecular weight is 204 g/mol. The van der Waals surface area contributed by atoms with E-state index >= 15 is 0 Å². The van der Waals surface area contributed by atoms with E-state index in [0.29, 0.717) is 6.42 Å². The van der Waals surface area contributed by atoms with E-state index in [4.69, 9.17) is 12.2 Å².